The lowest BCUT2D eigenvalue weighted by Gasteiger charge is -2.21. The number of carbonyl (C=O) groups is 2. The molecule has 2 aromatic rings. The van der Waals surface area contributed by atoms with Crippen LogP contribution in [0.1, 0.15) is 11.1 Å². The molecule has 23 heavy (non-hydrogen) atoms. The average molecular weight is 317 g/mol. The first-order valence-corrected chi connectivity index (χ1v) is 6.95. The van der Waals surface area contributed by atoms with Crippen molar-refractivity contribution in [3.8, 4) is 0 Å². The van der Waals surface area contributed by atoms with Crippen LogP contribution in [0.25, 0.3) is 0 Å². The Balaban J connectivity index is 1.94. The van der Waals surface area contributed by atoms with Crippen LogP contribution in [0.4, 0.5) is 9.18 Å². The molecule has 5 nitrogen and oxygen atoms in total. The Morgan fingerprint density at radius 3 is 2.17 bits per heavy atom. The van der Waals surface area contributed by atoms with Crippen molar-refractivity contribution in [1.82, 2.24) is 5.32 Å². The van der Waals surface area contributed by atoms with Gasteiger partial charge in [-0.25, -0.2) is 14.0 Å². The van der Waals surface area contributed by atoms with E-state index >= 15 is 0 Å². The lowest BCUT2D eigenvalue weighted by Crippen LogP contribution is -2.43. The number of hydrogen-bond donors (Lipinski definition) is 2. The number of alkyl carbamates (subject to hydrolysis) is 1. The molecule has 0 saturated heterocycles. The first-order valence-electron chi connectivity index (χ1n) is 6.95. The molecule has 1 amide bonds. The van der Waals surface area contributed by atoms with Crippen LogP contribution < -0.4 is 5.32 Å². The summed E-state index contributed by atoms with van der Waals surface area (Å²) in [5.74, 6) is -1.67. The normalized spacial score (nSPS) is 12.9. The van der Waals surface area contributed by atoms with Crippen molar-refractivity contribution < 1.29 is 23.8 Å². The molecule has 0 heterocycles. The third kappa shape index (κ3) is 4.29. The lowest BCUT2D eigenvalue weighted by molar-refractivity contribution is -0.151. The third-order valence-corrected chi connectivity index (χ3v) is 3.26. The van der Waals surface area contributed by atoms with Gasteiger partial charge in [0.2, 0.25) is 5.67 Å². The van der Waals surface area contributed by atoms with E-state index < -0.39 is 24.3 Å². The van der Waals surface area contributed by atoms with Gasteiger partial charge in [-0.15, -0.1) is 0 Å². The quantitative estimate of drug-likeness (QED) is 0.859. The van der Waals surface area contributed by atoms with Crippen molar-refractivity contribution in [2.45, 2.75) is 12.3 Å². The van der Waals surface area contributed by atoms with E-state index in [2.05, 4.69) is 5.32 Å². The van der Waals surface area contributed by atoms with Crippen LogP contribution in [0, 0.1) is 0 Å². The Morgan fingerprint density at radius 2 is 1.61 bits per heavy atom. The molecular formula is C17H16FNO4. The molecule has 1 unspecified atom stereocenters. The number of carbonyl (C=O) groups excluding carboxylic acids is 1. The molecule has 0 bridgehead atoms. The summed E-state index contributed by atoms with van der Waals surface area (Å²) in [5.41, 5.74) is -1.99. The highest BCUT2D eigenvalue weighted by atomic mass is 19.1. The summed E-state index contributed by atoms with van der Waals surface area (Å²) in [6.45, 7) is -0.704. The molecule has 0 spiro atoms. The topological polar surface area (TPSA) is 75.6 Å². The van der Waals surface area contributed by atoms with E-state index in [1.54, 1.807) is 30.3 Å². The SMILES string of the molecule is O=C(NCC(F)(C(=O)O)c1ccccc1)OCc1ccccc1. The van der Waals surface area contributed by atoms with Gasteiger partial charge in [-0.05, 0) is 5.56 Å². The van der Waals surface area contributed by atoms with Crippen LogP contribution in [0.15, 0.2) is 60.7 Å². The summed E-state index contributed by atoms with van der Waals surface area (Å²) in [6, 6.07) is 16.4. The average Bonchev–Trinajstić information content (AvgIpc) is 2.59. The number of carboxylic acid groups (broad SMARTS) is 1. The molecule has 0 aliphatic carbocycles. The number of amides is 1. The standard InChI is InChI=1S/C17H16FNO4/c18-17(15(20)21,14-9-5-2-6-10-14)12-19-16(22)23-11-13-7-3-1-4-8-13/h1-10H,11-12H2,(H,19,22)(H,20,21). The number of halogens is 1. The molecule has 6 heteroatoms. The first-order chi connectivity index (χ1) is 11.0. The van der Waals surface area contributed by atoms with E-state index in [1.807, 2.05) is 6.07 Å². The second kappa shape index (κ2) is 7.40. The monoisotopic (exact) mass is 317 g/mol. The van der Waals surface area contributed by atoms with E-state index in [9.17, 15) is 14.0 Å². The van der Waals surface area contributed by atoms with Crippen LogP contribution in [0.2, 0.25) is 0 Å². The van der Waals surface area contributed by atoms with E-state index in [-0.39, 0.29) is 12.2 Å². The zero-order chi connectivity index (χ0) is 16.7. The molecule has 0 aliphatic rings. The highest BCUT2D eigenvalue weighted by Gasteiger charge is 2.41. The molecule has 0 saturated carbocycles. The second-order valence-corrected chi connectivity index (χ2v) is 4.89. The number of benzene rings is 2. The largest absolute Gasteiger partial charge is 0.479 e. The first kappa shape index (κ1) is 16.5. The van der Waals surface area contributed by atoms with Gasteiger partial charge in [-0.1, -0.05) is 60.7 Å². The van der Waals surface area contributed by atoms with Crippen molar-refractivity contribution in [2.24, 2.45) is 0 Å². The van der Waals surface area contributed by atoms with Crippen LogP contribution in [0.5, 0.6) is 0 Å². The number of carboxylic acids is 1. The number of hydrogen-bond acceptors (Lipinski definition) is 3. The smallest absolute Gasteiger partial charge is 0.407 e. The van der Waals surface area contributed by atoms with Gasteiger partial charge in [0.25, 0.3) is 0 Å². The van der Waals surface area contributed by atoms with Crippen molar-refractivity contribution in [2.75, 3.05) is 6.54 Å². The summed E-state index contributed by atoms with van der Waals surface area (Å²) < 4.78 is 19.6. The maximum absolute atomic E-state index is 14.7. The van der Waals surface area contributed by atoms with Crippen molar-refractivity contribution in [1.29, 1.82) is 0 Å². The summed E-state index contributed by atoms with van der Waals surface area (Å²) in [5, 5.41) is 11.3. The van der Waals surface area contributed by atoms with Crippen LogP contribution in [0.3, 0.4) is 0 Å². The fraction of sp³-hybridized carbons (Fsp3) is 0.176. The fourth-order valence-electron chi connectivity index (χ4n) is 1.97. The maximum atomic E-state index is 14.7. The lowest BCUT2D eigenvalue weighted by atomic mass is 9.96. The highest BCUT2D eigenvalue weighted by molar-refractivity contribution is 5.80. The molecule has 0 aromatic heterocycles. The number of alkyl halides is 1. The predicted molar refractivity (Wildman–Crippen MR) is 81.5 cm³/mol. The predicted octanol–water partition coefficient (Wildman–Crippen LogP) is 2.86. The van der Waals surface area contributed by atoms with Gasteiger partial charge in [-0.3, -0.25) is 0 Å². The summed E-state index contributed by atoms with van der Waals surface area (Å²) in [4.78, 5) is 22.9. The Bertz CT molecular complexity index is 663. The zero-order valence-electron chi connectivity index (χ0n) is 12.2. The molecule has 1 atom stereocenters. The van der Waals surface area contributed by atoms with Gasteiger partial charge in [0.1, 0.15) is 6.61 Å². The summed E-state index contributed by atoms with van der Waals surface area (Å²) >= 11 is 0. The molecular weight excluding hydrogens is 301 g/mol. The minimum atomic E-state index is -2.72. The van der Waals surface area contributed by atoms with Crippen molar-refractivity contribution >= 4 is 12.1 Å². The summed E-state index contributed by atoms with van der Waals surface area (Å²) in [6.07, 6.45) is -0.881. The number of ether oxygens (including phenoxy) is 1. The highest BCUT2D eigenvalue weighted by Crippen LogP contribution is 2.25. The Hall–Kier alpha value is -2.89. The van der Waals surface area contributed by atoms with Gasteiger partial charge < -0.3 is 15.2 Å². The molecule has 2 rings (SSSR count). The molecule has 2 N–H and O–H groups in total. The van der Waals surface area contributed by atoms with Crippen LogP contribution in [-0.4, -0.2) is 23.7 Å². The minimum Gasteiger partial charge on any atom is -0.479 e. The van der Waals surface area contributed by atoms with E-state index in [1.165, 1.54) is 24.3 Å². The maximum Gasteiger partial charge on any atom is 0.407 e. The van der Waals surface area contributed by atoms with Gasteiger partial charge in [-0.2, -0.15) is 0 Å². The third-order valence-electron chi connectivity index (χ3n) is 3.26. The van der Waals surface area contributed by atoms with E-state index in [4.69, 9.17) is 9.84 Å². The molecule has 0 radical (unpaired) electrons. The van der Waals surface area contributed by atoms with Crippen LogP contribution >= 0.6 is 0 Å². The molecule has 0 fully saturated rings. The van der Waals surface area contributed by atoms with Gasteiger partial charge in [0.05, 0.1) is 6.54 Å². The van der Waals surface area contributed by atoms with Crippen molar-refractivity contribution in [3.05, 3.63) is 71.8 Å². The molecule has 0 aliphatic heterocycles. The number of aliphatic carboxylic acids is 1. The Labute approximate surface area is 132 Å². The minimum absolute atomic E-state index is 0.0182. The van der Waals surface area contributed by atoms with Gasteiger partial charge in [0, 0.05) is 5.56 Å². The molecule has 2 aromatic carbocycles. The fourth-order valence-corrected chi connectivity index (χ4v) is 1.97. The van der Waals surface area contributed by atoms with Crippen molar-refractivity contribution in [3.63, 3.8) is 0 Å². The zero-order valence-corrected chi connectivity index (χ0v) is 12.2. The van der Waals surface area contributed by atoms with E-state index in [0.29, 0.717) is 0 Å². The summed E-state index contributed by atoms with van der Waals surface area (Å²) in [7, 11) is 0. The number of rotatable bonds is 6. The van der Waals surface area contributed by atoms with Crippen LogP contribution in [-0.2, 0) is 21.8 Å². The Kier molecular flexibility index (Phi) is 5.30. The number of nitrogens with one attached hydrogen (secondary N) is 1. The Morgan fingerprint density at radius 1 is 1.04 bits per heavy atom. The second-order valence-electron chi connectivity index (χ2n) is 4.89. The van der Waals surface area contributed by atoms with Gasteiger partial charge in [0.15, 0.2) is 0 Å². The van der Waals surface area contributed by atoms with Gasteiger partial charge >= 0.3 is 12.1 Å². The molecule has 120 valence electrons. The van der Waals surface area contributed by atoms with E-state index in [0.717, 1.165) is 5.56 Å².